The molecule has 0 aliphatic carbocycles. The lowest BCUT2D eigenvalue weighted by Gasteiger charge is -1.99. The lowest BCUT2D eigenvalue weighted by atomic mass is 10.3. The third kappa shape index (κ3) is 1.75. The number of rotatable bonds is 1. The molecule has 0 radical (unpaired) electrons. The van der Waals surface area contributed by atoms with Crippen molar-refractivity contribution in [3.8, 4) is 5.69 Å². The fourth-order valence-electron chi connectivity index (χ4n) is 1.04. The van der Waals surface area contributed by atoms with Gasteiger partial charge in [-0.3, -0.25) is 4.98 Å². The summed E-state index contributed by atoms with van der Waals surface area (Å²) in [5.41, 5.74) is 1.93. The quantitative estimate of drug-likeness (QED) is 0.761. The van der Waals surface area contributed by atoms with E-state index in [1.165, 1.54) is 0 Å². The third-order valence-electron chi connectivity index (χ3n) is 1.61. The van der Waals surface area contributed by atoms with Gasteiger partial charge in [-0.1, -0.05) is 5.21 Å². The van der Waals surface area contributed by atoms with Crippen LogP contribution < -0.4 is 0 Å². The van der Waals surface area contributed by atoms with Crippen LogP contribution in [0, 0.1) is 6.92 Å². The van der Waals surface area contributed by atoms with Crippen LogP contribution in [0.5, 0.6) is 0 Å². The highest BCUT2D eigenvalue weighted by Crippen LogP contribution is 2.09. The number of nitrogens with zero attached hydrogens (tertiary/aromatic N) is 4. The Balaban J connectivity index is 2.46. The van der Waals surface area contributed by atoms with Gasteiger partial charge in [0.15, 0.2) is 0 Å². The summed E-state index contributed by atoms with van der Waals surface area (Å²) in [7, 11) is 0. The van der Waals surface area contributed by atoms with Crippen molar-refractivity contribution < 1.29 is 0 Å². The van der Waals surface area contributed by atoms with Gasteiger partial charge in [-0.2, -0.15) is 0 Å². The molecule has 2 aromatic heterocycles. The van der Waals surface area contributed by atoms with Gasteiger partial charge in [0.1, 0.15) is 4.60 Å². The van der Waals surface area contributed by atoms with Gasteiger partial charge >= 0.3 is 0 Å². The van der Waals surface area contributed by atoms with Crippen molar-refractivity contribution >= 4 is 15.9 Å². The number of aromatic nitrogens is 4. The fourth-order valence-corrected chi connectivity index (χ4v) is 1.31. The van der Waals surface area contributed by atoms with Crippen molar-refractivity contribution in [1.82, 2.24) is 20.0 Å². The Labute approximate surface area is 83.7 Å². The standard InChI is InChI=1S/C8H7BrN4/c1-6-4-7(2-3-10-6)13-5-8(9)11-12-13/h2-5H,1H3. The van der Waals surface area contributed by atoms with Crippen LogP contribution in [0.4, 0.5) is 0 Å². The molecule has 0 saturated carbocycles. The predicted octanol–water partition coefficient (Wildman–Crippen LogP) is 1.73. The van der Waals surface area contributed by atoms with E-state index in [1.807, 2.05) is 19.1 Å². The summed E-state index contributed by atoms with van der Waals surface area (Å²) >= 11 is 3.24. The zero-order valence-corrected chi connectivity index (χ0v) is 8.56. The summed E-state index contributed by atoms with van der Waals surface area (Å²) in [5.74, 6) is 0. The van der Waals surface area contributed by atoms with E-state index in [9.17, 15) is 0 Å². The van der Waals surface area contributed by atoms with Gasteiger partial charge in [-0.15, -0.1) is 5.10 Å². The van der Waals surface area contributed by atoms with Crippen molar-refractivity contribution in [3.63, 3.8) is 0 Å². The number of aryl methyl sites for hydroxylation is 1. The van der Waals surface area contributed by atoms with Gasteiger partial charge in [-0.25, -0.2) is 4.68 Å². The van der Waals surface area contributed by atoms with Crippen molar-refractivity contribution in [2.45, 2.75) is 6.92 Å². The average Bonchev–Trinajstić information content (AvgIpc) is 2.52. The Morgan fingerprint density at radius 3 is 2.92 bits per heavy atom. The number of halogens is 1. The van der Waals surface area contributed by atoms with Gasteiger partial charge < -0.3 is 0 Å². The smallest absolute Gasteiger partial charge is 0.148 e. The SMILES string of the molecule is Cc1cc(-n2cc(Br)nn2)ccn1. The maximum Gasteiger partial charge on any atom is 0.148 e. The molecule has 0 aliphatic heterocycles. The van der Waals surface area contributed by atoms with Gasteiger partial charge in [0.05, 0.1) is 11.9 Å². The lowest BCUT2D eigenvalue weighted by Crippen LogP contribution is -1.95. The molecule has 0 bridgehead atoms. The van der Waals surface area contributed by atoms with Crippen LogP contribution >= 0.6 is 15.9 Å². The maximum atomic E-state index is 4.10. The Hall–Kier alpha value is -1.23. The molecular weight excluding hydrogens is 232 g/mol. The molecular formula is C8H7BrN4. The topological polar surface area (TPSA) is 43.6 Å². The van der Waals surface area contributed by atoms with Crippen molar-refractivity contribution in [2.24, 2.45) is 0 Å². The highest BCUT2D eigenvalue weighted by Gasteiger charge is 1.99. The first kappa shape index (κ1) is 8.37. The predicted molar refractivity (Wildman–Crippen MR) is 51.6 cm³/mol. The highest BCUT2D eigenvalue weighted by molar-refractivity contribution is 9.10. The molecule has 0 aromatic carbocycles. The van der Waals surface area contributed by atoms with Crippen LogP contribution in [0.1, 0.15) is 5.69 Å². The normalized spacial score (nSPS) is 10.3. The van der Waals surface area contributed by atoms with Crippen LogP contribution in [0.15, 0.2) is 29.1 Å². The lowest BCUT2D eigenvalue weighted by molar-refractivity contribution is 0.799. The summed E-state index contributed by atoms with van der Waals surface area (Å²) in [6.07, 6.45) is 3.55. The first-order valence-corrected chi connectivity index (χ1v) is 4.56. The molecule has 5 heteroatoms. The van der Waals surface area contributed by atoms with E-state index in [4.69, 9.17) is 0 Å². The minimum atomic E-state index is 0.724. The Morgan fingerprint density at radius 1 is 1.46 bits per heavy atom. The Bertz CT molecular complexity index is 424. The van der Waals surface area contributed by atoms with Crippen LogP contribution in [0.2, 0.25) is 0 Å². The van der Waals surface area contributed by atoms with Crippen LogP contribution in [0.25, 0.3) is 5.69 Å². The molecule has 0 amide bonds. The number of hydrogen-bond donors (Lipinski definition) is 0. The van der Waals surface area contributed by atoms with E-state index in [0.717, 1.165) is 16.0 Å². The van der Waals surface area contributed by atoms with E-state index < -0.39 is 0 Å². The number of pyridine rings is 1. The van der Waals surface area contributed by atoms with E-state index >= 15 is 0 Å². The summed E-state index contributed by atoms with van der Waals surface area (Å²) in [6, 6.07) is 3.83. The maximum absolute atomic E-state index is 4.10. The molecule has 0 unspecified atom stereocenters. The summed E-state index contributed by atoms with van der Waals surface area (Å²) < 4.78 is 2.42. The third-order valence-corrected chi connectivity index (χ3v) is 1.97. The first-order chi connectivity index (χ1) is 6.25. The molecule has 0 fully saturated rings. The molecule has 2 aromatic rings. The molecule has 0 spiro atoms. The van der Waals surface area contributed by atoms with Crippen molar-refractivity contribution in [1.29, 1.82) is 0 Å². The molecule has 13 heavy (non-hydrogen) atoms. The molecule has 0 aliphatic rings. The highest BCUT2D eigenvalue weighted by atomic mass is 79.9. The zero-order valence-electron chi connectivity index (χ0n) is 6.98. The fraction of sp³-hybridized carbons (Fsp3) is 0.125. The molecule has 66 valence electrons. The monoisotopic (exact) mass is 238 g/mol. The van der Waals surface area contributed by atoms with Crippen molar-refractivity contribution in [2.75, 3.05) is 0 Å². The second-order valence-electron chi connectivity index (χ2n) is 2.64. The van der Waals surface area contributed by atoms with Gasteiger partial charge in [0.25, 0.3) is 0 Å². The largest absolute Gasteiger partial charge is 0.261 e. The van der Waals surface area contributed by atoms with Crippen LogP contribution in [0.3, 0.4) is 0 Å². The summed E-state index contributed by atoms with van der Waals surface area (Å²) in [5, 5.41) is 7.75. The molecule has 0 saturated heterocycles. The summed E-state index contributed by atoms with van der Waals surface area (Å²) in [4.78, 5) is 4.10. The summed E-state index contributed by atoms with van der Waals surface area (Å²) in [6.45, 7) is 1.94. The molecule has 2 rings (SSSR count). The second kappa shape index (κ2) is 3.26. The van der Waals surface area contributed by atoms with Crippen molar-refractivity contribution in [3.05, 3.63) is 34.8 Å². The molecule has 0 atom stereocenters. The van der Waals surface area contributed by atoms with Gasteiger partial charge in [0.2, 0.25) is 0 Å². The minimum Gasteiger partial charge on any atom is -0.261 e. The van der Waals surface area contributed by atoms with E-state index in [1.54, 1.807) is 17.1 Å². The molecule has 2 heterocycles. The Morgan fingerprint density at radius 2 is 2.31 bits per heavy atom. The van der Waals surface area contributed by atoms with Gasteiger partial charge in [-0.05, 0) is 35.0 Å². The van der Waals surface area contributed by atoms with E-state index in [-0.39, 0.29) is 0 Å². The minimum absolute atomic E-state index is 0.724. The number of hydrogen-bond acceptors (Lipinski definition) is 3. The first-order valence-electron chi connectivity index (χ1n) is 3.76. The molecule has 0 N–H and O–H groups in total. The Kier molecular flexibility index (Phi) is 2.10. The van der Waals surface area contributed by atoms with Crippen LogP contribution in [-0.2, 0) is 0 Å². The second-order valence-corrected chi connectivity index (χ2v) is 3.45. The van der Waals surface area contributed by atoms with Gasteiger partial charge in [0, 0.05) is 11.9 Å². The molecule has 4 nitrogen and oxygen atoms in total. The van der Waals surface area contributed by atoms with Crippen LogP contribution in [-0.4, -0.2) is 20.0 Å². The van der Waals surface area contributed by atoms with E-state index in [0.29, 0.717) is 0 Å². The zero-order chi connectivity index (χ0) is 9.26. The average molecular weight is 239 g/mol. The van der Waals surface area contributed by atoms with E-state index in [2.05, 4.69) is 31.2 Å².